The second-order valence-corrected chi connectivity index (χ2v) is 5.88. The Hall–Kier alpha value is -1.02. The maximum atomic E-state index is 3.49. The summed E-state index contributed by atoms with van der Waals surface area (Å²) >= 11 is 0. The van der Waals surface area contributed by atoms with Crippen molar-refractivity contribution in [3.05, 3.63) is 29.8 Å². The fraction of sp³-hybridized carbons (Fsp3) is 0.667. The number of hydrogen-bond donors (Lipinski definition) is 1. The fourth-order valence-corrected chi connectivity index (χ4v) is 3.03. The van der Waals surface area contributed by atoms with Gasteiger partial charge in [-0.15, -0.1) is 0 Å². The average Bonchev–Trinajstić information content (AvgIpc) is 2.69. The van der Waals surface area contributed by atoms with Crippen LogP contribution in [-0.4, -0.2) is 26.2 Å². The molecule has 0 bridgehead atoms. The second-order valence-electron chi connectivity index (χ2n) is 5.88. The summed E-state index contributed by atoms with van der Waals surface area (Å²) in [6.45, 7) is 7.05. The van der Waals surface area contributed by atoms with Gasteiger partial charge in [-0.1, -0.05) is 31.5 Å². The molecular weight excluding hydrogens is 244 g/mol. The van der Waals surface area contributed by atoms with Gasteiger partial charge in [0.15, 0.2) is 0 Å². The van der Waals surface area contributed by atoms with Gasteiger partial charge in [-0.05, 0) is 63.2 Å². The van der Waals surface area contributed by atoms with Crippen molar-refractivity contribution in [1.29, 1.82) is 0 Å². The average molecular weight is 274 g/mol. The van der Waals surface area contributed by atoms with E-state index in [1.165, 1.54) is 76.8 Å². The number of fused-ring (bicyclic) bond motifs is 1. The zero-order chi connectivity index (χ0) is 14.0. The summed E-state index contributed by atoms with van der Waals surface area (Å²) in [5.74, 6) is 0. The molecular formula is C18H30N2. The Bertz CT molecular complexity index is 375. The number of nitrogens with zero attached hydrogens (tertiary/aromatic N) is 1. The predicted octanol–water partition coefficient (Wildman–Crippen LogP) is 4.00. The van der Waals surface area contributed by atoms with E-state index < -0.39 is 0 Å². The molecule has 0 unspecified atom stereocenters. The second kappa shape index (κ2) is 9.02. The number of hydrogen-bond acceptors (Lipinski definition) is 2. The van der Waals surface area contributed by atoms with Crippen LogP contribution >= 0.6 is 0 Å². The molecule has 20 heavy (non-hydrogen) atoms. The maximum absolute atomic E-state index is 3.49. The normalized spacial score (nSPS) is 14.9. The van der Waals surface area contributed by atoms with E-state index in [9.17, 15) is 0 Å². The van der Waals surface area contributed by atoms with Crippen molar-refractivity contribution in [2.24, 2.45) is 0 Å². The van der Waals surface area contributed by atoms with Gasteiger partial charge in [0.05, 0.1) is 0 Å². The van der Waals surface area contributed by atoms with Crippen LogP contribution < -0.4 is 10.2 Å². The third-order valence-corrected chi connectivity index (χ3v) is 4.16. The zero-order valence-electron chi connectivity index (χ0n) is 13.0. The van der Waals surface area contributed by atoms with Crippen LogP contribution in [0.3, 0.4) is 0 Å². The van der Waals surface area contributed by atoms with E-state index >= 15 is 0 Å². The number of benzene rings is 1. The SMILES string of the molecule is CCCNCCCCCN1CCCCc2ccccc21. The lowest BCUT2D eigenvalue weighted by atomic mass is 10.1. The zero-order valence-corrected chi connectivity index (χ0v) is 13.0. The molecule has 112 valence electrons. The van der Waals surface area contributed by atoms with Gasteiger partial charge in [0.25, 0.3) is 0 Å². The molecule has 1 aliphatic heterocycles. The van der Waals surface area contributed by atoms with E-state index in [0.717, 1.165) is 0 Å². The van der Waals surface area contributed by atoms with Gasteiger partial charge in [-0.25, -0.2) is 0 Å². The molecule has 0 spiro atoms. The van der Waals surface area contributed by atoms with Gasteiger partial charge < -0.3 is 10.2 Å². The number of rotatable bonds is 8. The van der Waals surface area contributed by atoms with Crippen LogP contribution in [0.25, 0.3) is 0 Å². The van der Waals surface area contributed by atoms with Crippen LogP contribution in [0, 0.1) is 0 Å². The highest BCUT2D eigenvalue weighted by Gasteiger charge is 2.13. The highest BCUT2D eigenvalue weighted by molar-refractivity contribution is 5.54. The van der Waals surface area contributed by atoms with Gasteiger partial charge >= 0.3 is 0 Å². The molecule has 1 N–H and O–H groups in total. The van der Waals surface area contributed by atoms with Crippen molar-refractivity contribution in [3.63, 3.8) is 0 Å². The molecule has 0 aliphatic carbocycles. The van der Waals surface area contributed by atoms with Crippen LogP contribution in [0.4, 0.5) is 5.69 Å². The van der Waals surface area contributed by atoms with Crippen LogP contribution in [-0.2, 0) is 6.42 Å². The lowest BCUT2D eigenvalue weighted by molar-refractivity contribution is 0.589. The number of nitrogens with one attached hydrogen (secondary N) is 1. The monoisotopic (exact) mass is 274 g/mol. The van der Waals surface area contributed by atoms with Gasteiger partial charge in [0, 0.05) is 18.8 Å². The van der Waals surface area contributed by atoms with Crippen molar-refractivity contribution in [3.8, 4) is 0 Å². The van der Waals surface area contributed by atoms with Crippen molar-refractivity contribution >= 4 is 5.69 Å². The van der Waals surface area contributed by atoms with E-state index in [1.807, 2.05) is 0 Å². The minimum absolute atomic E-state index is 1.17. The van der Waals surface area contributed by atoms with Crippen LogP contribution in [0.1, 0.15) is 51.0 Å². The van der Waals surface area contributed by atoms with Gasteiger partial charge in [0.2, 0.25) is 0 Å². The highest BCUT2D eigenvalue weighted by Crippen LogP contribution is 2.26. The lowest BCUT2D eigenvalue weighted by Gasteiger charge is -2.25. The number of unbranched alkanes of at least 4 members (excludes halogenated alkanes) is 2. The summed E-state index contributed by atoms with van der Waals surface area (Å²) in [5, 5.41) is 3.49. The number of anilines is 1. The molecule has 1 aliphatic rings. The minimum atomic E-state index is 1.17. The van der Waals surface area contributed by atoms with E-state index in [0.29, 0.717) is 0 Å². The van der Waals surface area contributed by atoms with Crippen molar-refractivity contribution in [2.45, 2.75) is 51.9 Å². The predicted molar refractivity (Wildman–Crippen MR) is 88.6 cm³/mol. The van der Waals surface area contributed by atoms with E-state index in [1.54, 1.807) is 5.56 Å². The van der Waals surface area contributed by atoms with Crippen LogP contribution in [0.2, 0.25) is 0 Å². The first kappa shape index (κ1) is 15.4. The molecule has 1 aromatic carbocycles. The standard InChI is InChI=1S/C18H30N2/c1-2-13-19-14-7-3-8-15-20-16-9-6-11-17-10-4-5-12-18(17)20/h4-5,10,12,19H,2-3,6-9,11,13-16H2,1H3. The number of para-hydroxylation sites is 1. The first-order valence-corrected chi connectivity index (χ1v) is 8.45. The van der Waals surface area contributed by atoms with E-state index in [-0.39, 0.29) is 0 Å². The highest BCUT2D eigenvalue weighted by atomic mass is 15.1. The third kappa shape index (κ3) is 4.82. The lowest BCUT2D eigenvalue weighted by Crippen LogP contribution is -2.25. The first-order valence-electron chi connectivity index (χ1n) is 8.45. The smallest absolute Gasteiger partial charge is 0.0398 e. The molecule has 0 radical (unpaired) electrons. The molecule has 0 saturated heterocycles. The van der Waals surface area contributed by atoms with Crippen molar-refractivity contribution in [2.75, 3.05) is 31.1 Å². The maximum Gasteiger partial charge on any atom is 0.0398 e. The van der Waals surface area contributed by atoms with Gasteiger partial charge in [-0.2, -0.15) is 0 Å². The van der Waals surface area contributed by atoms with Crippen molar-refractivity contribution in [1.82, 2.24) is 5.32 Å². The largest absolute Gasteiger partial charge is 0.371 e. The Morgan fingerprint density at radius 2 is 1.95 bits per heavy atom. The summed E-state index contributed by atoms with van der Waals surface area (Å²) in [5.41, 5.74) is 3.05. The van der Waals surface area contributed by atoms with Crippen LogP contribution in [0.15, 0.2) is 24.3 Å². The summed E-state index contributed by atoms with van der Waals surface area (Å²) in [6, 6.07) is 8.99. The third-order valence-electron chi connectivity index (χ3n) is 4.16. The Balaban J connectivity index is 1.72. The molecule has 2 rings (SSSR count). The molecule has 1 aromatic rings. The Kier molecular flexibility index (Phi) is 6.93. The first-order chi connectivity index (χ1) is 9.92. The molecule has 0 fully saturated rings. The summed E-state index contributed by atoms with van der Waals surface area (Å²) in [4.78, 5) is 2.61. The fourth-order valence-electron chi connectivity index (χ4n) is 3.03. The van der Waals surface area contributed by atoms with Gasteiger partial charge in [-0.3, -0.25) is 0 Å². The molecule has 2 nitrogen and oxygen atoms in total. The molecule has 0 amide bonds. The topological polar surface area (TPSA) is 15.3 Å². The van der Waals surface area contributed by atoms with E-state index in [2.05, 4.69) is 41.4 Å². The summed E-state index contributed by atoms with van der Waals surface area (Å²) in [6.07, 6.45) is 9.16. The van der Waals surface area contributed by atoms with Gasteiger partial charge in [0.1, 0.15) is 0 Å². The molecule has 2 heteroatoms. The van der Waals surface area contributed by atoms with E-state index in [4.69, 9.17) is 0 Å². The van der Waals surface area contributed by atoms with Crippen molar-refractivity contribution < 1.29 is 0 Å². The Labute approximate surface area is 124 Å². The van der Waals surface area contributed by atoms with Crippen LogP contribution in [0.5, 0.6) is 0 Å². The molecule has 0 atom stereocenters. The molecule has 0 aromatic heterocycles. The molecule has 1 heterocycles. The Morgan fingerprint density at radius 3 is 2.85 bits per heavy atom. The molecule has 0 saturated carbocycles. The summed E-state index contributed by atoms with van der Waals surface area (Å²) in [7, 11) is 0. The number of aryl methyl sites for hydroxylation is 1. The quantitative estimate of drug-likeness (QED) is 0.721. The Morgan fingerprint density at radius 1 is 1.05 bits per heavy atom. The summed E-state index contributed by atoms with van der Waals surface area (Å²) < 4.78 is 0. The minimum Gasteiger partial charge on any atom is -0.371 e.